The Balaban J connectivity index is 2.01. The van der Waals surface area contributed by atoms with Gasteiger partial charge in [-0.1, -0.05) is 0 Å². The zero-order valence-corrected chi connectivity index (χ0v) is 11.0. The van der Waals surface area contributed by atoms with Crippen molar-refractivity contribution in [1.29, 1.82) is 0 Å². The van der Waals surface area contributed by atoms with Crippen molar-refractivity contribution in [3.05, 3.63) is 42.5 Å². The van der Waals surface area contributed by atoms with Crippen molar-refractivity contribution in [2.24, 2.45) is 0 Å². The molecular weight excluding hydrogens is 224 g/mol. The van der Waals surface area contributed by atoms with Crippen molar-refractivity contribution in [3.63, 3.8) is 0 Å². The molecule has 0 aliphatic rings. The molecule has 0 fully saturated rings. The number of nitrogens with two attached hydrogens (primary N) is 1. The molecule has 0 saturated carbocycles. The lowest BCUT2D eigenvalue weighted by Crippen LogP contribution is -2.27. The Bertz CT molecular complexity index is 487. The summed E-state index contributed by atoms with van der Waals surface area (Å²) in [7, 11) is 0. The number of imidazole rings is 1. The quantitative estimate of drug-likeness (QED) is 0.821. The highest BCUT2D eigenvalue weighted by molar-refractivity contribution is 5.52. The molecule has 2 aromatic rings. The zero-order valence-electron chi connectivity index (χ0n) is 11.0. The van der Waals surface area contributed by atoms with Gasteiger partial charge in [0.2, 0.25) is 0 Å². The largest absolute Gasteiger partial charge is 0.399 e. The molecule has 0 radical (unpaired) electrons. The normalized spacial score (nSPS) is 10.6. The molecule has 1 aromatic carbocycles. The number of benzene rings is 1. The Morgan fingerprint density at radius 3 is 2.56 bits per heavy atom. The first-order valence-corrected chi connectivity index (χ1v) is 6.29. The molecule has 0 aliphatic heterocycles. The van der Waals surface area contributed by atoms with Crippen LogP contribution in [0, 0.1) is 6.92 Å². The van der Waals surface area contributed by atoms with E-state index in [-0.39, 0.29) is 0 Å². The average Bonchev–Trinajstić information content (AvgIpc) is 2.78. The van der Waals surface area contributed by atoms with Gasteiger partial charge in [0, 0.05) is 43.4 Å². The lowest BCUT2D eigenvalue weighted by atomic mass is 10.2. The lowest BCUT2D eigenvalue weighted by molar-refractivity contribution is 0.648. The number of hydrogen-bond acceptors (Lipinski definition) is 3. The van der Waals surface area contributed by atoms with E-state index >= 15 is 0 Å². The predicted molar refractivity (Wildman–Crippen MR) is 75.7 cm³/mol. The van der Waals surface area contributed by atoms with E-state index in [0.717, 1.165) is 31.1 Å². The number of nitrogens with zero attached hydrogens (tertiary/aromatic N) is 3. The van der Waals surface area contributed by atoms with Crippen LogP contribution >= 0.6 is 0 Å². The molecule has 0 aliphatic carbocycles. The van der Waals surface area contributed by atoms with Gasteiger partial charge in [0.15, 0.2) is 0 Å². The number of hydrogen-bond donors (Lipinski definition) is 1. The SMILES string of the molecule is CCN(CCn1ccnc1C)c1ccc(N)cc1. The van der Waals surface area contributed by atoms with Crippen LogP contribution in [0.5, 0.6) is 0 Å². The molecule has 0 saturated heterocycles. The van der Waals surface area contributed by atoms with Crippen LogP contribution in [-0.4, -0.2) is 22.6 Å². The van der Waals surface area contributed by atoms with E-state index in [0.29, 0.717) is 0 Å². The van der Waals surface area contributed by atoms with Gasteiger partial charge in [-0.3, -0.25) is 0 Å². The maximum absolute atomic E-state index is 5.71. The van der Waals surface area contributed by atoms with Crippen LogP contribution in [-0.2, 0) is 6.54 Å². The number of likely N-dealkylation sites (N-methyl/N-ethyl adjacent to an activating group) is 1. The van der Waals surface area contributed by atoms with Gasteiger partial charge in [-0.25, -0.2) is 4.98 Å². The summed E-state index contributed by atoms with van der Waals surface area (Å²) in [4.78, 5) is 6.56. The first-order valence-electron chi connectivity index (χ1n) is 6.29. The maximum atomic E-state index is 5.71. The van der Waals surface area contributed by atoms with Crippen molar-refractivity contribution < 1.29 is 0 Å². The van der Waals surface area contributed by atoms with Crippen LogP contribution in [0.2, 0.25) is 0 Å². The van der Waals surface area contributed by atoms with Gasteiger partial charge in [0.05, 0.1) is 0 Å². The molecule has 4 nitrogen and oxygen atoms in total. The van der Waals surface area contributed by atoms with Crippen LogP contribution in [0.3, 0.4) is 0 Å². The summed E-state index contributed by atoms with van der Waals surface area (Å²) in [6.45, 7) is 7.09. The van der Waals surface area contributed by atoms with E-state index < -0.39 is 0 Å². The number of nitrogen functional groups attached to an aromatic ring is 1. The minimum absolute atomic E-state index is 0.806. The van der Waals surface area contributed by atoms with Gasteiger partial charge in [-0.2, -0.15) is 0 Å². The van der Waals surface area contributed by atoms with Crippen LogP contribution in [0.25, 0.3) is 0 Å². The summed E-state index contributed by atoms with van der Waals surface area (Å²) in [6.07, 6.45) is 3.86. The number of rotatable bonds is 5. The molecule has 96 valence electrons. The van der Waals surface area contributed by atoms with Crippen molar-refractivity contribution in [2.45, 2.75) is 20.4 Å². The Morgan fingerprint density at radius 2 is 2.00 bits per heavy atom. The second kappa shape index (κ2) is 5.58. The standard InChI is InChI=1S/C14H20N4/c1-3-17(14-6-4-13(15)5-7-14)10-11-18-9-8-16-12(18)2/h4-9H,3,10-11,15H2,1-2H3. The molecule has 0 atom stereocenters. The Labute approximate surface area is 108 Å². The van der Waals surface area contributed by atoms with E-state index in [9.17, 15) is 0 Å². The minimum atomic E-state index is 0.806. The van der Waals surface area contributed by atoms with Crippen LogP contribution in [0.4, 0.5) is 11.4 Å². The molecule has 18 heavy (non-hydrogen) atoms. The Kier molecular flexibility index (Phi) is 3.87. The molecule has 0 amide bonds. The summed E-state index contributed by atoms with van der Waals surface area (Å²) >= 11 is 0. The average molecular weight is 244 g/mol. The predicted octanol–water partition coefficient (Wildman–Crippen LogP) is 2.30. The fraction of sp³-hybridized carbons (Fsp3) is 0.357. The first kappa shape index (κ1) is 12.5. The topological polar surface area (TPSA) is 47.1 Å². The fourth-order valence-electron chi connectivity index (χ4n) is 2.02. The number of aryl methyl sites for hydroxylation is 1. The molecule has 0 bridgehead atoms. The van der Waals surface area contributed by atoms with Gasteiger partial charge < -0.3 is 15.2 Å². The first-order chi connectivity index (χ1) is 8.70. The molecule has 2 rings (SSSR count). The van der Waals surface area contributed by atoms with Crippen LogP contribution < -0.4 is 10.6 Å². The fourth-order valence-corrected chi connectivity index (χ4v) is 2.02. The lowest BCUT2D eigenvalue weighted by Gasteiger charge is -2.23. The van der Waals surface area contributed by atoms with Crippen molar-refractivity contribution >= 4 is 11.4 Å². The summed E-state index contributed by atoms with van der Waals surface area (Å²) in [5.41, 5.74) is 7.73. The molecule has 0 unspecified atom stereocenters. The van der Waals surface area contributed by atoms with Crippen molar-refractivity contribution in [2.75, 3.05) is 23.7 Å². The van der Waals surface area contributed by atoms with E-state index in [1.54, 1.807) is 0 Å². The van der Waals surface area contributed by atoms with Gasteiger partial charge in [0.1, 0.15) is 5.82 Å². The van der Waals surface area contributed by atoms with Crippen LogP contribution in [0.1, 0.15) is 12.7 Å². The van der Waals surface area contributed by atoms with E-state index in [1.165, 1.54) is 5.69 Å². The number of aromatic nitrogens is 2. The third-order valence-electron chi connectivity index (χ3n) is 3.17. The third kappa shape index (κ3) is 2.83. The highest BCUT2D eigenvalue weighted by Crippen LogP contribution is 2.16. The van der Waals surface area contributed by atoms with Gasteiger partial charge in [-0.05, 0) is 38.1 Å². The molecule has 1 aromatic heterocycles. The van der Waals surface area contributed by atoms with Crippen LogP contribution in [0.15, 0.2) is 36.7 Å². The van der Waals surface area contributed by atoms with Gasteiger partial charge in [-0.15, -0.1) is 0 Å². The van der Waals surface area contributed by atoms with Gasteiger partial charge in [0.25, 0.3) is 0 Å². The van der Waals surface area contributed by atoms with Crippen molar-refractivity contribution in [3.8, 4) is 0 Å². The molecular formula is C14H20N4. The van der Waals surface area contributed by atoms with E-state index in [4.69, 9.17) is 5.73 Å². The molecule has 1 heterocycles. The third-order valence-corrected chi connectivity index (χ3v) is 3.17. The highest BCUT2D eigenvalue weighted by Gasteiger charge is 2.05. The second-order valence-corrected chi connectivity index (χ2v) is 4.34. The smallest absolute Gasteiger partial charge is 0.105 e. The molecule has 0 spiro atoms. The summed E-state index contributed by atoms with van der Waals surface area (Å²) in [6, 6.07) is 8.03. The van der Waals surface area contributed by atoms with Crippen molar-refractivity contribution in [1.82, 2.24) is 9.55 Å². The summed E-state index contributed by atoms with van der Waals surface area (Å²) in [5, 5.41) is 0. The number of anilines is 2. The Morgan fingerprint density at radius 1 is 1.28 bits per heavy atom. The molecule has 4 heteroatoms. The highest BCUT2D eigenvalue weighted by atomic mass is 15.2. The van der Waals surface area contributed by atoms with E-state index in [1.807, 2.05) is 31.5 Å². The zero-order chi connectivity index (χ0) is 13.0. The molecule has 2 N–H and O–H groups in total. The summed E-state index contributed by atoms with van der Waals surface area (Å²) in [5.74, 6) is 1.06. The van der Waals surface area contributed by atoms with Gasteiger partial charge >= 0.3 is 0 Å². The summed E-state index contributed by atoms with van der Waals surface area (Å²) < 4.78 is 2.17. The monoisotopic (exact) mass is 244 g/mol. The maximum Gasteiger partial charge on any atom is 0.105 e. The minimum Gasteiger partial charge on any atom is -0.399 e. The van der Waals surface area contributed by atoms with E-state index in [2.05, 4.69) is 33.5 Å². The second-order valence-electron chi connectivity index (χ2n) is 4.34. The Hall–Kier alpha value is -1.97.